The highest BCUT2D eigenvalue weighted by molar-refractivity contribution is 5.83. The van der Waals surface area contributed by atoms with Crippen LogP contribution in [0.5, 0.6) is 0 Å². The van der Waals surface area contributed by atoms with E-state index >= 15 is 0 Å². The van der Waals surface area contributed by atoms with Gasteiger partial charge in [0.2, 0.25) is 0 Å². The van der Waals surface area contributed by atoms with Gasteiger partial charge in [0.15, 0.2) is 0 Å². The summed E-state index contributed by atoms with van der Waals surface area (Å²) in [6, 6.07) is 6.68. The number of nitrogens with zero attached hydrogens (tertiary/aromatic N) is 1. The Kier molecular flexibility index (Phi) is 4.02. The van der Waals surface area contributed by atoms with Crippen LogP contribution in [0.2, 0.25) is 0 Å². The van der Waals surface area contributed by atoms with Gasteiger partial charge in [-0.3, -0.25) is 9.20 Å². The quantitative estimate of drug-likeness (QED) is 0.398. The van der Waals surface area contributed by atoms with E-state index in [-0.39, 0.29) is 11.6 Å². The van der Waals surface area contributed by atoms with Crippen molar-refractivity contribution in [3.05, 3.63) is 63.4 Å². The molecule has 2 aromatic heterocycles. The average Bonchev–Trinajstić information content (AvgIpc) is 2.51. The summed E-state index contributed by atoms with van der Waals surface area (Å²) < 4.78 is 106. The Morgan fingerprint density at radius 3 is 2.04 bits per heavy atom. The minimum atomic E-state index is -6.30. The molecule has 2 heterocycles. The zero-order valence-electron chi connectivity index (χ0n) is 13.3. The molecule has 0 radical (unpaired) electrons. The van der Waals surface area contributed by atoms with E-state index in [1.165, 1.54) is 24.3 Å². The van der Waals surface area contributed by atoms with Crippen molar-refractivity contribution in [2.75, 3.05) is 0 Å². The lowest BCUT2D eigenvalue weighted by Crippen LogP contribution is -2.39. The van der Waals surface area contributed by atoms with Gasteiger partial charge in [0.05, 0.1) is 11.1 Å². The molecule has 2 nitrogen and oxygen atoms in total. The second-order valence-corrected chi connectivity index (χ2v) is 5.96. The molecule has 0 atom stereocenters. The molecule has 27 heavy (non-hydrogen) atoms. The van der Waals surface area contributed by atoms with E-state index < -0.39 is 40.5 Å². The lowest BCUT2D eigenvalue weighted by atomic mass is 10.0. The summed E-state index contributed by atoms with van der Waals surface area (Å²) in [5.74, 6) is -5.85. The van der Waals surface area contributed by atoms with Gasteiger partial charge in [0.25, 0.3) is 5.56 Å². The molecular weight excluding hydrogens is 386 g/mol. The van der Waals surface area contributed by atoms with Crippen LogP contribution < -0.4 is 5.56 Å². The maximum atomic E-state index is 13.8. The van der Waals surface area contributed by atoms with E-state index in [0.717, 1.165) is 6.07 Å². The summed E-state index contributed by atoms with van der Waals surface area (Å²) in [5, 5.41) is 0.327. The van der Waals surface area contributed by atoms with E-state index in [9.17, 15) is 39.9 Å². The first-order valence-electron chi connectivity index (χ1n) is 7.36. The van der Waals surface area contributed by atoms with Gasteiger partial charge in [-0.1, -0.05) is 17.7 Å². The number of fused-ring (bicyclic) bond motifs is 3. The third-order valence-electron chi connectivity index (χ3n) is 4.07. The number of benzene rings is 1. The molecule has 3 aromatic rings. The summed E-state index contributed by atoms with van der Waals surface area (Å²) in [6.45, 7) is 1.68. The van der Waals surface area contributed by atoms with Crippen LogP contribution in [0.3, 0.4) is 0 Å². The van der Waals surface area contributed by atoms with Gasteiger partial charge in [-0.15, -0.1) is 0 Å². The number of pyridine rings is 2. The fourth-order valence-electron chi connectivity index (χ4n) is 2.86. The zero-order valence-corrected chi connectivity index (χ0v) is 13.3. The Bertz CT molecular complexity index is 1110. The molecule has 0 fully saturated rings. The second kappa shape index (κ2) is 5.67. The first kappa shape index (κ1) is 19.1. The molecule has 0 spiro atoms. The first-order valence-corrected chi connectivity index (χ1v) is 7.36. The Labute approximate surface area is 145 Å². The summed E-state index contributed by atoms with van der Waals surface area (Å²) in [7, 11) is 0. The van der Waals surface area contributed by atoms with Crippen LogP contribution in [0.4, 0.5) is 35.1 Å². The molecule has 0 unspecified atom stereocenters. The molecule has 1 aromatic carbocycles. The van der Waals surface area contributed by atoms with Gasteiger partial charge >= 0.3 is 18.3 Å². The first-order chi connectivity index (χ1) is 12.2. The van der Waals surface area contributed by atoms with Crippen molar-refractivity contribution >= 4 is 16.4 Å². The molecule has 0 amide bonds. The Balaban J connectivity index is 2.55. The number of rotatable bonds is 1. The molecular formula is C17H9F8NO. The fourth-order valence-corrected chi connectivity index (χ4v) is 2.86. The SMILES string of the molecule is Cc1ccc2c(ccc3cc(C(F)(F)C(F)(F)F)c(C(F)(F)F)c(=O)n32)c1. The van der Waals surface area contributed by atoms with Gasteiger partial charge in [0, 0.05) is 5.52 Å². The molecule has 0 N–H and O–H groups in total. The lowest BCUT2D eigenvalue weighted by molar-refractivity contribution is -0.291. The maximum absolute atomic E-state index is 13.8. The van der Waals surface area contributed by atoms with E-state index in [2.05, 4.69) is 0 Å². The number of aromatic nitrogens is 1. The molecule has 0 aliphatic heterocycles. The van der Waals surface area contributed by atoms with Crippen LogP contribution in [-0.4, -0.2) is 10.6 Å². The van der Waals surface area contributed by atoms with Crippen LogP contribution in [0.25, 0.3) is 16.4 Å². The van der Waals surface area contributed by atoms with Crippen molar-refractivity contribution in [3.8, 4) is 0 Å². The number of hydrogen-bond donors (Lipinski definition) is 0. The van der Waals surface area contributed by atoms with Gasteiger partial charge in [-0.05, 0) is 36.6 Å². The number of hydrogen-bond acceptors (Lipinski definition) is 1. The average molecular weight is 395 g/mol. The van der Waals surface area contributed by atoms with E-state index in [0.29, 0.717) is 15.4 Å². The van der Waals surface area contributed by atoms with Crippen molar-refractivity contribution in [3.63, 3.8) is 0 Å². The molecule has 0 aliphatic rings. The summed E-state index contributed by atoms with van der Waals surface area (Å²) in [5.41, 5.74) is -6.80. The number of aryl methyl sites for hydroxylation is 1. The van der Waals surface area contributed by atoms with E-state index in [1.54, 1.807) is 6.92 Å². The van der Waals surface area contributed by atoms with Gasteiger partial charge in [-0.2, -0.15) is 35.1 Å². The molecule has 3 rings (SSSR count). The van der Waals surface area contributed by atoms with Gasteiger partial charge in [-0.25, -0.2) is 0 Å². The Morgan fingerprint density at radius 1 is 0.852 bits per heavy atom. The Hall–Kier alpha value is -2.65. The predicted octanol–water partition coefficient (Wildman–Crippen LogP) is 5.43. The van der Waals surface area contributed by atoms with E-state index in [4.69, 9.17) is 0 Å². The number of alkyl halides is 8. The summed E-state index contributed by atoms with van der Waals surface area (Å²) >= 11 is 0. The smallest absolute Gasteiger partial charge is 0.276 e. The molecule has 144 valence electrons. The van der Waals surface area contributed by atoms with Gasteiger partial charge in [0.1, 0.15) is 5.56 Å². The molecule has 0 aliphatic carbocycles. The third kappa shape index (κ3) is 2.92. The summed E-state index contributed by atoms with van der Waals surface area (Å²) in [6.07, 6.45) is -12.0. The minimum Gasteiger partial charge on any atom is -0.276 e. The van der Waals surface area contributed by atoms with Crippen LogP contribution >= 0.6 is 0 Å². The van der Waals surface area contributed by atoms with Crippen molar-refractivity contribution in [2.24, 2.45) is 0 Å². The molecule has 0 bridgehead atoms. The molecule has 0 saturated carbocycles. The maximum Gasteiger partial charge on any atom is 0.458 e. The fraction of sp³-hybridized carbons (Fsp3) is 0.235. The van der Waals surface area contributed by atoms with Crippen molar-refractivity contribution in [2.45, 2.75) is 25.2 Å². The highest BCUT2D eigenvalue weighted by Crippen LogP contribution is 2.47. The molecule has 0 saturated heterocycles. The third-order valence-corrected chi connectivity index (χ3v) is 4.07. The number of halogens is 8. The normalized spacial score (nSPS) is 13.5. The minimum absolute atomic E-state index is 0.0459. The van der Waals surface area contributed by atoms with Crippen molar-refractivity contribution in [1.82, 2.24) is 4.40 Å². The Morgan fingerprint density at radius 2 is 1.48 bits per heavy atom. The van der Waals surface area contributed by atoms with Crippen molar-refractivity contribution < 1.29 is 35.1 Å². The van der Waals surface area contributed by atoms with Crippen molar-refractivity contribution in [1.29, 1.82) is 0 Å². The van der Waals surface area contributed by atoms with E-state index in [1.807, 2.05) is 0 Å². The highest BCUT2D eigenvalue weighted by atomic mass is 19.4. The van der Waals surface area contributed by atoms with Crippen LogP contribution in [0.15, 0.2) is 41.2 Å². The topological polar surface area (TPSA) is 21.5 Å². The predicted molar refractivity (Wildman–Crippen MR) is 80.9 cm³/mol. The monoisotopic (exact) mass is 395 g/mol. The van der Waals surface area contributed by atoms with Gasteiger partial charge < -0.3 is 0 Å². The molecule has 10 heteroatoms. The second-order valence-electron chi connectivity index (χ2n) is 5.96. The summed E-state index contributed by atoms with van der Waals surface area (Å²) in [4.78, 5) is 12.4. The lowest BCUT2D eigenvalue weighted by Gasteiger charge is -2.24. The van der Waals surface area contributed by atoms with Crippen LogP contribution in [0, 0.1) is 6.92 Å². The zero-order chi connectivity index (χ0) is 20.4. The standard InChI is InChI=1S/C17H9F8NO/c1-8-2-5-12-9(6-8)3-4-10-7-11(15(18,19)17(23,24)25)13(16(20,21)22)14(27)26(10)12/h2-7H,1H3. The van der Waals surface area contributed by atoms with Crippen LogP contribution in [0.1, 0.15) is 16.7 Å². The largest absolute Gasteiger partial charge is 0.458 e. The van der Waals surface area contributed by atoms with Crippen LogP contribution in [-0.2, 0) is 12.1 Å². The highest BCUT2D eigenvalue weighted by Gasteiger charge is 2.62.